The lowest BCUT2D eigenvalue weighted by molar-refractivity contribution is -0.141. The van der Waals surface area contributed by atoms with Crippen LogP contribution >= 0.6 is 0 Å². The molecule has 0 saturated carbocycles. The number of fused-ring (bicyclic) bond motifs is 2. The second-order valence-electron chi connectivity index (χ2n) is 7.94. The third-order valence-corrected chi connectivity index (χ3v) is 6.08. The van der Waals surface area contributed by atoms with E-state index in [4.69, 9.17) is 0 Å². The zero-order valence-corrected chi connectivity index (χ0v) is 16.9. The number of nitrogens with zero attached hydrogens (tertiary/aromatic N) is 1. The molecule has 6 nitrogen and oxygen atoms in total. The van der Waals surface area contributed by atoms with Crippen molar-refractivity contribution in [3.05, 3.63) is 95.6 Å². The van der Waals surface area contributed by atoms with E-state index in [1.54, 1.807) is 48.5 Å². The largest absolute Gasteiger partial charge is 0.359 e. The predicted octanol–water partition coefficient (Wildman–Crippen LogP) is 4.08. The van der Waals surface area contributed by atoms with Gasteiger partial charge in [0.25, 0.3) is 11.6 Å². The Hall–Kier alpha value is -3.64. The molecule has 1 aliphatic heterocycles. The van der Waals surface area contributed by atoms with Crippen LogP contribution in [0.15, 0.2) is 78.9 Å². The number of rotatable bonds is 3. The van der Waals surface area contributed by atoms with Gasteiger partial charge in [-0.3, -0.25) is 9.69 Å². The number of carbonyl (C=O) groups excluding carboxylic acids is 2. The van der Waals surface area contributed by atoms with Gasteiger partial charge in [-0.05, 0) is 48.6 Å². The van der Waals surface area contributed by atoms with Gasteiger partial charge in [-0.25, -0.2) is 4.79 Å². The molecule has 6 heteroatoms. The molecule has 0 spiro atoms. The minimum atomic E-state index is -2.19. The molecule has 1 heterocycles. The molecule has 31 heavy (non-hydrogen) atoms. The number of hydrogen-bond donors (Lipinski definition) is 3. The smallest absolute Gasteiger partial charge is 0.329 e. The molecule has 0 fully saturated rings. The Labute approximate surface area is 180 Å². The first-order valence-electron chi connectivity index (χ1n) is 10.5. The second-order valence-corrected chi connectivity index (χ2v) is 7.94. The van der Waals surface area contributed by atoms with Gasteiger partial charge in [0.1, 0.15) is 0 Å². The Morgan fingerprint density at radius 3 is 2.55 bits per heavy atom. The lowest BCUT2D eigenvalue weighted by Crippen LogP contribution is -2.63. The zero-order chi connectivity index (χ0) is 21.4. The Kier molecular flexibility index (Phi) is 4.71. The summed E-state index contributed by atoms with van der Waals surface area (Å²) in [6, 6.07) is 22.8. The number of amides is 3. The Morgan fingerprint density at radius 2 is 1.71 bits per heavy atom. The minimum absolute atomic E-state index is 0.226. The van der Waals surface area contributed by atoms with Crippen molar-refractivity contribution in [2.45, 2.75) is 31.0 Å². The van der Waals surface area contributed by atoms with Crippen molar-refractivity contribution in [3.8, 4) is 0 Å². The van der Waals surface area contributed by atoms with Crippen LogP contribution in [0.2, 0.25) is 0 Å². The van der Waals surface area contributed by atoms with Crippen molar-refractivity contribution in [1.82, 2.24) is 5.32 Å². The van der Waals surface area contributed by atoms with Crippen molar-refractivity contribution >= 4 is 23.3 Å². The van der Waals surface area contributed by atoms with E-state index in [1.165, 1.54) is 5.56 Å². The summed E-state index contributed by atoms with van der Waals surface area (Å²) in [5.74, 6) is -0.625. The molecule has 156 valence electrons. The zero-order valence-electron chi connectivity index (χ0n) is 16.9. The number of benzene rings is 3. The van der Waals surface area contributed by atoms with E-state index in [2.05, 4.69) is 16.7 Å². The fourth-order valence-corrected chi connectivity index (χ4v) is 4.60. The first-order chi connectivity index (χ1) is 15.1. The van der Waals surface area contributed by atoms with Crippen LogP contribution in [-0.2, 0) is 16.9 Å². The highest BCUT2D eigenvalue weighted by Crippen LogP contribution is 2.40. The fraction of sp³-hybridized carbons (Fsp3) is 0.200. The van der Waals surface area contributed by atoms with Crippen LogP contribution in [-0.4, -0.2) is 17.0 Å². The van der Waals surface area contributed by atoms with Gasteiger partial charge >= 0.3 is 6.03 Å². The molecule has 0 unspecified atom stereocenters. The number of hydrogen-bond acceptors (Lipinski definition) is 3. The van der Waals surface area contributed by atoms with Crippen LogP contribution in [0.1, 0.15) is 35.6 Å². The monoisotopic (exact) mass is 413 g/mol. The Bertz CT molecular complexity index is 1150. The molecule has 0 aromatic heterocycles. The number of carbonyl (C=O) groups is 2. The average molecular weight is 413 g/mol. The van der Waals surface area contributed by atoms with Crippen LogP contribution in [0.4, 0.5) is 16.2 Å². The van der Waals surface area contributed by atoms with Crippen LogP contribution in [0.3, 0.4) is 0 Å². The quantitative estimate of drug-likeness (QED) is 0.605. The van der Waals surface area contributed by atoms with E-state index in [-0.39, 0.29) is 6.04 Å². The van der Waals surface area contributed by atoms with E-state index in [9.17, 15) is 14.7 Å². The fourth-order valence-electron chi connectivity index (χ4n) is 4.60. The van der Waals surface area contributed by atoms with Gasteiger partial charge in [0.2, 0.25) is 0 Å². The topological polar surface area (TPSA) is 81.7 Å². The van der Waals surface area contributed by atoms with E-state index >= 15 is 0 Å². The normalized spacial score (nSPS) is 22.2. The van der Waals surface area contributed by atoms with Crippen LogP contribution < -0.4 is 15.5 Å². The molecule has 3 aromatic rings. The summed E-state index contributed by atoms with van der Waals surface area (Å²) >= 11 is 0. The maximum atomic E-state index is 13.7. The third-order valence-electron chi connectivity index (χ3n) is 6.08. The van der Waals surface area contributed by atoms with Crippen molar-refractivity contribution in [3.63, 3.8) is 0 Å². The minimum Gasteiger partial charge on any atom is -0.359 e. The maximum absolute atomic E-state index is 13.7. The number of aliphatic hydroxyl groups is 1. The Morgan fingerprint density at radius 1 is 1.00 bits per heavy atom. The summed E-state index contributed by atoms with van der Waals surface area (Å²) in [7, 11) is 0. The third kappa shape index (κ3) is 3.16. The number of para-hydroxylation sites is 2. The van der Waals surface area contributed by atoms with Crippen molar-refractivity contribution in [2.24, 2.45) is 0 Å². The lowest BCUT2D eigenvalue weighted by Gasteiger charge is -2.43. The first-order valence-corrected chi connectivity index (χ1v) is 10.5. The van der Waals surface area contributed by atoms with E-state index in [1.807, 2.05) is 24.3 Å². The van der Waals surface area contributed by atoms with E-state index in [0.29, 0.717) is 16.9 Å². The molecule has 3 amide bonds. The average Bonchev–Trinajstić information content (AvgIpc) is 2.80. The summed E-state index contributed by atoms with van der Waals surface area (Å²) < 4.78 is 0. The molecular formula is C25H23N3O3. The molecule has 3 N–H and O–H groups in total. The number of anilines is 2. The SMILES string of the molecule is O=C1Nc2ccccc2[C@](O)(C(=O)N[C@H]2CCCc3ccccc32)N1c1ccccc1. The molecule has 2 atom stereocenters. The van der Waals surface area contributed by atoms with Crippen LogP contribution in [0.5, 0.6) is 0 Å². The molecule has 0 radical (unpaired) electrons. The van der Waals surface area contributed by atoms with Gasteiger partial charge in [-0.2, -0.15) is 0 Å². The maximum Gasteiger partial charge on any atom is 0.329 e. The molecule has 3 aromatic carbocycles. The predicted molar refractivity (Wildman–Crippen MR) is 119 cm³/mol. The molecule has 5 rings (SSSR count). The highest BCUT2D eigenvalue weighted by atomic mass is 16.3. The Balaban J connectivity index is 1.59. The van der Waals surface area contributed by atoms with Crippen LogP contribution in [0.25, 0.3) is 0 Å². The molecule has 0 saturated heterocycles. The number of nitrogens with one attached hydrogen (secondary N) is 2. The van der Waals surface area contributed by atoms with Crippen LogP contribution in [0, 0.1) is 0 Å². The van der Waals surface area contributed by atoms with Crippen molar-refractivity contribution in [1.29, 1.82) is 0 Å². The highest BCUT2D eigenvalue weighted by Gasteiger charge is 2.52. The first kappa shape index (κ1) is 19.3. The highest BCUT2D eigenvalue weighted by molar-refractivity contribution is 6.11. The lowest BCUT2D eigenvalue weighted by atomic mass is 9.87. The summed E-state index contributed by atoms with van der Waals surface area (Å²) in [5, 5.41) is 17.7. The summed E-state index contributed by atoms with van der Waals surface area (Å²) in [4.78, 5) is 27.9. The van der Waals surface area contributed by atoms with E-state index in [0.717, 1.165) is 29.7 Å². The molecule has 2 aliphatic rings. The second kappa shape index (κ2) is 7.56. The molecule has 1 aliphatic carbocycles. The summed E-state index contributed by atoms with van der Waals surface area (Å²) in [6.07, 6.45) is 2.69. The van der Waals surface area contributed by atoms with Crippen molar-refractivity contribution in [2.75, 3.05) is 10.2 Å². The molecular weight excluding hydrogens is 390 g/mol. The van der Waals surface area contributed by atoms with Gasteiger partial charge in [0, 0.05) is 11.3 Å². The summed E-state index contributed by atoms with van der Waals surface area (Å²) in [5.41, 5.74) is 1.25. The van der Waals surface area contributed by atoms with Gasteiger partial charge in [0.15, 0.2) is 0 Å². The van der Waals surface area contributed by atoms with Gasteiger partial charge < -0.3 is 15.7 Å². The summed E-state index contributed by atoms with van der Waals surface area (Å²) in [6.45, 7) is 0. The van der Waals surface area contributed by atoms with Gasteiger partial charge in [-0.15, -0.1) is 0 Å². The van der Waals surface area contributed by atoms with Gasteiger partial charge in [0.05, 0.1) is 11.7 Å². The molecule has 0 bridgehead atoms. The number of aryl methyl sites for hydroxylation is 1. The van der Waals surface area contributed by atoms with E-state index < -0.39 is 17.7 Å². The number of urea groups is 1. The van der Waals surface area contributed by atoms with Crippen molar-refractivity contribution < 1.29 is 14.7 Å². The standard InChI is InChI=1S/C25H23N3O3/c29-23(26-21-16-8-10-17-9-4-5-13-19(17)21)25(31)20-14-6-7-15-22(20)27-24(30)28(25)18-11-2-1-3-12-18/h1-7,9,11-15,21,31H,8,10,16H2,(H,26,29)(H,27,30)/t21-,25-/m0/s1. The van der Waals surface area contributed by atoms with Gasteiger partial charge in [-0.1, -0.05) is 60.7 Å².